The van der Waals surface area contributed by atoms with Crippen molar-refractivity contribution in [2.45, 2.75) is 45.3 Å². The van der Waals surface area contributed by atoms with Crippen LogP contribution in [0.5, 0.6) is 0 Å². The van der Waals surface area contributed by atoms with Crippen LogP contribution in [0.25, 0.3) is 33.2 Å². The molecule has 0 radical (unpaired) electrons. The van der Waals surface area contributed by atoms with Gasteiger partial charge in [0.15, 0.2) is 0 Å². The second-order valence-electron chi connectivity index (χ2n) is 11.2. The fraction of sp³-hybridized carbons (Fsp3) is 0.355. The zero-order valence-corrected chi connectivity index (χ0v) is 22.9. The van der Waals surface area contributed by atoms with Crippen LogP contribution < -0.4 is 0 Å². The normalized spacial score (nSPS) is 15.8. The quantitative estimate of drug-likeness (QED) is 0.270. The number of fused-ring (bicyclic) bond motifs is 3. The van der Waals surface area contributed by atoms with Gasteiger partial charge >= 0.3 is 0 Å². The molecule has 5 aromatic rings. The molecule has 6 nitrogen and oxygen atoms in total. The van der Waals surface area contributed by atoms with Gasteiger partial charge in [-0.2, -0.15) is 0 Å². The predicted octanol–water partition coefficient (Wildman–Crippen LogP) is 6.56. The minimum absolute atomic E-state index is 0.125. The Bertz CT molecular complexity index is 1730. The van der Waals surface area contributed by atoms with Crippen molar-refractivity contribution in [3.63, 3.8) is 0 Å². The molecule has 6 rings (SSSR count). The zero-order valence-electron chi connectivity index (χ0n) is 22.9. The van der Waals surface area contributed by atoms with E-state index in [-0.39, 0.29) is 16.9 Å². The molecule has 208 valence electrons. The summed E-state index contributed by atoms with van der Waals surface area (Å²) < 4.78 is 55.6. The number of nitrogens with zero attached hydrogens (tertiary/aromatic N) is 4. The summed E-state index contributed by atoms with van der Waals surface area (Å²) in [5.41, 5.74) is 3.09. The molecule has 9 heteroatoms. The second-order valence-corrected chi connectivity index (χ2v) is 11.2. The molecule has 0 spiro atoms. The van der Waals surface area contributed by atoms with Crippen LogP contribution in [-0.4, -0.2) is 37.4 Å². The number of hydrogen-bond acceptors (Lipinski definition) is 4. The molecule has 3 aromatic heterocycles. The highest BCUT2D eigenvalue weighted by Crippen LogP contribution is 2.43. The Balaban J connectivity index is 1.75. The lowest BCUT2D eigenvalue weighted by molar-refractivity contribution is 0.0548. The molecular weight excluding hydrogens is 517 g/mol. The first-order valence-corrected chi connectivity index (χ1v) is 13.4. The molecule has 1 saturated heterocycles. The van der Waals surface area contributed by atoms with Crippen LogP contribution in [0.3, 0.4) is 0 Å². The third-order valence-electron chi connectivity index (χ3n) is 8.06. The summed E-state index contributed by atoms with van der Waals surface area (Å²) in [7, 11) is 1.89. The highest BCUT2D eigenvalue weighted by Gasteiger charge is 2.34. The van der Waals surface area contributed by atoms with Crippen molar-refractivity contribution in [2.24, 2.45) is 13.0 Å². The van der Waals surface area contributed by atoms with Crippen molar-refractivity contribution < 1.29 is 23.0 Å². The Morgan fingerprint density at radius 1 is 1.00 bits per heavy atom. The van der Waals surface area contributed by atoms with Crippen LogP contribution in [0.4, 0.5) is 13.2 Å². The number of benzene rings is 2. The van der Waals surface area contributed by atoms with E-state index in [1.54, 1.807) is 32.4 Å². The van der Waals surface area contributed by atoms with E-state index >= 15 is 8.78 Å². The smallest absolute Gasteiger partial charge is 0.135 e. The third kappa shape index (κ3) is 4.37. The molecule has 0 saturated carbocycles. The van der Waals surface area contributed by atoms with Crippen molar-refractivity contribution >= 4 is 21.9 Å². The van der Waals surface area contributed by atoms with E-state index in [1.165, 1.54) is 12.1 Å². The molecule has 40 heavy (non-hydrogen) atoms. The number of halogens is 3. The number of aromatic nitrogens is 4. The molecule has 0 aliphatic carbocycles. The lowest BCUT2D eigenvalue weighted by atomic mass is 9.86. The molecule has 4 heterocycles. The summed E-state index contributed by atoms with van der Waals surface area (Å²) in [6.45, 7) is 6.04. The number of aryl methyl sites for hydroxylation is 2. The van der Waals surface area contributed by atoms with Gasteiger partial charge in [0.05, 0.1) is 51.3 Å². The van der Waals surface area contributed by atoms with Crippen LogP contribution in [0.2, 0.25) is 0 Å². The van der Waals surface area contributed by atoms with Crippen molar-refractivity contribution in [1.29, 1.82) is 0 Å². The van der Waals surface area contributed by atoms with E-state index in [1.807, 2.05) is 29.2 Å². The third-order valence-corrected chi connectivity index (χ3v) is 8.06. The monoisotopic (exact) mass is 548 g/mol. The highest BCUT2D eigenvalue weighted by atomic mass is 19.1. The average Bonchev–Trinajstić information content (AvgIpc) is 3.42. The summed E-state index contributed by atoms with van der Waals surface area (Å²) >= 11 is 0. The van der Waals surface area contributed by atoms with Crippen LogP contribution in [0, 0.1) is 30.3 Å². The number of rotatable bonds is 5. The maximum atomic E-state index is 15.9. The predicted molar refractivity (Wildman–Crippen MR) is 147 cm³/mol. The van der Waals surface area contributed by atoms with Gasteiger partial charge in [-0.25, -0.2) is 18.2 Å². The van der Waals surface area contributed by atoms with E-state index in [0.29, 0.717) is 48.2 Å². The number of aliphatic hydroxyl groups is 1. The summed E-state index contributed by atoms with van der Waals surface area (Å²) in [5, 5.41) is 11.1. The summed E-state index contributed by atoms with van der Waals surface area (Å²) in [4.78, 5) is 9.13. The standard InChI is InChI=1S/C31H31F3N4O2/c1-17-29(37(4)16-36-17)19-11-26-28(35-15-19)27-24(34)12-20(31(2,3)39)13-25(27)38(26)30(18-7-9-40-10-8-18)22-14-21(32)5-6-23(22)33/h5-6,11-16,18,30,39H,7-10H2,1-4H3. The number of hydrogen-bond donors (Lipinski definition) is 1. The van der Waals surface area contributed by atoms with Crippen molar-refractivity contribution in [1.82, 2.24) is 19.1 Å². The molecule has 1 unspecified atom stereocenters. The minimum atomic E-state index is -1.33. The molecule has 1 atom stereocenters. The lowest BCUT2D eigenvalue weighted by Crippen LogP contribution is -2.28. The average molecular weight is 549 g/mol. The van der Waals surface area contributed by atoms with E-state index in [0.717, 1.165) is 29.1 Å². The number of imidazole rings is 1. The Hall–Kier alpha value is -3.69. The van der Waals surface area contributed by atoms with Crippen molar-refractivity contribution in [2.75, 3.05) is 13.2 Å². The van der Waals surface area contributed by atoms with E-state index < -0.39 is 29.1 Å². The van der Waals surface area contributed by atoms with E-state index in [9.17, 15) is 9.50 Å². The second kappa shape index (κ2) is 9.74. The Morgan fingerprint density at radius 3 is 2.42 bits per heavy atom. The van der Waals surface area contributed by atoms with E-state index in [2.05, 4.69) is 4.98 Å². The fourth-order valence-electron chi connectivity index (χ4n) is 6.09. The fourth-order valence-corrected chi connectivity index (χ4v) is 6.09. The molecule has 2 aromatic carbocycles. The summed E-state index contributed by atoms with van der Waals surface area (Å²) in [5.74, 6) is -1.76. The van der Waals surface area contributed by atoms with Gasteiger partial charge in [0.1, 0.15) is 17.5 Å². The van der Waals surface area contributed by atoms with Gasteiger partial charge in [0.2, 0.25) is 0 Å². The maximum absolute atomic E-state index is 15.9. The first-order chi connectivity index (χ1) is 19.0. The van der Waals surface area contributed by atoms with E-state index in [4.69, 9.17) is 9.72 Å². The molecule has 1 aliphatic rings. The van der Waals surface area contributed by atoms with Gasteiger partial charge in [-0.05, 0) is 81.5 Å². The van der Waals surface area contributed by atoms with Gasteiger partial charge in [0.25, 0.3) is 0 Å². The van der Waals surface area contributed by atoms with Crippen LogP contribution >= 0.6 is 0 Å². The molecular formula is C31H31F3N4O2. The van der Waals surface area contributed by atoms with Crippen LogP contribution in [0.1, 0.15) is 49.6 Å². The number of pyridine rings is 1. The summed E-state index contributed by atoms with van der Waals surface area (Å²) in [6, 6.07) is 7.75. The summed E-state index contributed by atoms with van der Waals surface area (Å²) in [6.07, 6.45) is 4.63. The zero-order chi connectivity index (χ0) is 28.3. The minimum Gasteiger partial charge on any atom is -0.386 e. The van der Waals surface area contributed by atoms with Gasteiger partial charge < -0.3 is 19.0 Å². The SMILES string of the molecule is Cc1ncn(C)c1-c1cnc2c3c(F)cc(C(C)(C)O)cc3n(C(c3cc(F)ccc3F)C3CCOCC3)c2c1. The van der Waals surface area contributed by atoms with Gasteiger partial charge in [-0.1, -0.05) is 0 Å². The first kappa shape index (κ1) is 26.5. The molecule has 1 N–H and O–H groups in total. The highest BCUT2D eigenvalue weighted by molar-refractivity contribution is 6.07. The molecule has 0 bridgehead atoms. The Morgan fingerprint density at radius 2 is 1.75 bits per heavy atom. The first-order valence-electron chi connectivity index (χ1n) is 13.4. The topological polar surface area (TPSA) is 65.1 Å². The van der Waals surface area contributed by atoms with Crippen LogP contribution in [0.15, 0.2) is 48.9 Å². The van der Waals surface area contributed by atoms with Gasteiger partial charge in [-0.3, -0.25) is 4.98 Å². The van der Waals surface area contributed by atoms with Crippen molar-refractivity contribution in [3.8, 4) is 11.3 Å². The van der Waals surface area contributed by atoms with Gasteiger partial charge in [0, 0.05) is 37.6 Å². The van der Waals surface area contributed by atoms with Crippen LogP contribution in [-0.2, 0) is 17.4 Å². The molecule has 1 fully saturated rings. The molecule has 1 aliphatic heterocycles. The largest absolute Gasteiger partial charge is 0.386 e. The lowest BCUT2D eigenvalue weighted by Gasteiger charge is -2.33. The van der Waals surface area contributed by atoms with Crippen molar-refractivity contribution in [3.05, 3.63) is 83.2 Å². The van der Waals surface area contributed by atoms with Gasteiger partial charge in [-0.15, -0.1) is 0 Å². The number of ether oxygens (including phenoxy) is 1. The maximum Gasteiger partial charge on any atom is 0.135 e. The Labute approximate surface area is 230 Å². The Kier molecular flexibility index (Phi) is 6.46. The molecule has 0 amide bonds.